The van der Waals surface area contributed by atoms with Gasteiger partial charge >= 0.3 is 0 Å². The van der Waals surface area contributed by atoms with Gasteiger partial charge in [0.05, 0.1) is 5.48 Å². The maximum absolute atomic E-state index is 8.74. The van der Waals surface area contributed by atoms with Crippen molar-refractivity contribution >= 4 is 54.3 Å². The summed E-state index contributed by atoms with van der Waals surface area (Å²) in [6.07, 6.45) is 0. The molecule has 9 aromatic rings. The molecule has 0 aliphatic rings. The van der Waals surface area contributed by atoms with Crippen molar-refractivity contribution in [1.29, 1.82) is 0 Å². The van der Waals surface area contributed by atoms with Gasteiger partial charge in [0.15, 0.2) is 0 Å². The summed E-state index contributed by atoms with van der Waals surface area (Å²) in [4.78, 5) is 0. The lowest BCUT2D eigenvalue weighted by molar-refractivity contribution is 0.674. The van der Waals surface area contributed by atoms with Gasteiger partial charge in [0.2, 0.25) is 0 Å². The molecule has 43 heavy (non-hydrogen) atoms. The number of hydrogen-bond acceptors (Lipinski definition) is 1. The molecule has 0 N–H and O–H groups in total. The van der Waals surface area contributed by atoms with E-state index in [4.69, 9.17) is 9.90 Å². The fraction of sp³-hybridized carbons (Fsp3) is 0. The first kappa shape index (κ1) is 20.3. The summed E-state index contributed by atoms with van der Waals surface area (Å²) in [6.45, 7) is 0. The van der Waals surface area contributed by atoms with Crippen LogP contribution < -0.4 is 0 Å². The molecule has 8 aromatic carbocycles. The molecule has 0 aliphatic carbocycles. The zero-order valence-electron chi connectivity index (χ0n) is 27.1. The van der Waals surface area contributed by atoms with Crippen LogP contribution >= 0.6 is 0 Å². The predicted molar refractivity (Wildman–Crippen MR) is 183 cm³/mol. The fourth-order valence-corrected chi connectivity index (χ4v) is 6.69. The van der Waals surface area contributed by atoms with Crippen LogP contribution in [0.3, 0.4) is 0 Å². The Balaban J connectivity index is 1.38. The number of rotatable bonds is 3. The molecule has 0 bridgehead atoms. The zero-order valence-corrected chi connectivity index (χ0v) is 23.1. The molecule has 0 saturated heterocycles. The molecule has 9 rings (SSSR count). The lowest BCUT2D eigenvalue weighted by atomic mass is 9.85. The molecule has 0 spiro atoms. The minimum absolute atomic E-state index is 0.0625. The average molecular weight is 551 g/mol. The predicted octanol–water partition coefficient (Wildman–Crippen LogP) is 12.0. The van der Waals surface area contributed by atoms with Crippen molar-refractivity contribution in [2.45, 2.75) is 0 Å². The van der Waals surface area contributed by atoms with Gasteiger partial charge in [-0.2, -0.15) is 0 Å². The zero-order chi connectivity index (χ0) is 31.8. The van der Waals surface area contributed by atoms with E-state index in [1.165, 1.54) is 11.1 Å². The maximum Gasteiger partial charge on any atom is 0.143 e. The summed E-state index contributed by atoms with van der Waals surface area (Å²) in [6, 6.07) is 45.4. The van der Waals surface area contributed by atoms with Gasteiger partial charge in [-0.3, -0.25) is 0 Å². The van der Waals surface area contributed by atoms with Gasteiger partial charge in [-0.25, -0.2) is 0 Å². The Bertz CT molecular complexity index is 2670. The molecule has 1 heteroatoms. The van der Waals surface area contributed by atoms with Gasteiger partial charge in [0.1, 0.15) is 11.2 Å². The Morgan fingerprint density at radius 3 is 1.74 bits per heavy atom. The second kappa shape index (κ2) is 9.44. The highest BCUT2D eigenvalue weighted by Crippen LogP contribution is 2.47. The summed E-state index contributed by atoms with van der Waals surface area (Å²) < 4.78 is 40.5. The van der Waals surface area contributed by atoms with Crippen LogP contribution in [0.1, 0.15) is 5.48 Å². The van der Waals surface area contributed by atoms with Gasteiger partial charge in [0.25, 0.3) is 0 Å². The highest BCUT2D eigenvalue weighted by molar-refractivity contribution is 6.25. The quantitative estimate of drug-likeness (QED) is 0.199. The largest absolute Gasteiger partial charge is 0.455 e. The second-order valence-electron chi connectivity index (χ2n) is 10.9. The third-order valence-corrected chi connectivity index (χ3v) is 8.57. The van der Waals surface area contributed by atoms with Crippen LogP contribution in [0.4, 0.5) is 0 Å². The standard InChI is InChI=1S/C42H26O/c1-2-12-27(13-3-1)29-15-10-16-30(26-29)39-32-18-6-8-20-34(32)40(35-21-9-7-19-33(35)39)38-23-11-22-36-37-25-24-28-14-4-5-17-31(28)41(37)43-42(36)38/h1-26H/i4D,5D,14D,17D. The van der Waals surface area contributed by atoms with Gasteiger partial charge < -0.3 is 4.42 Å². The molecular weight excluding hydrogens is 520 g/mol. The van der Waals surface area contributed by atoms with Crippen molar-refractivity contribution < 1.29 is 9.90 Å². The molecule has 1 heterocycles. The van der Waals surface area contributed by atoms with Crippen molar-refractivity contribution in [3.05, 3.63) is 158 Å². The van der Waals surface area contributed by atoms with Crippen LogP contribution in [0, 0.1) is 0 Å². The van der Waals surface area contributed by atoms with E-state index < -0.39 is 0 Å². The summed E-state index contributed by atoms with van der Waals surface area (Å²) in [5.74, 6) is 0. The third kappa shape index (κ3) is 3.65. The number of para-hydroxylation sites is 1. The average Bonchev–Trinajstić information content (AvgIpc) is 3.51. The van der Waals surface area contributed by atoms with E-state index in [1.54, 1.807) is 6.07 Å². The number of benzene rings is 8. The SMILES string of the molecule is [2H]c1c([2H])c([2H])c2c(ccc3c4cccc(-c5c6ccccc6c(-c6cccc(-c7ccccc7)c6)c6ccccc56)c4oc32)c1[2H]. The molecule has 0 amide bonds. The highest BCUT2D eigenvalue weighted by atomic mass is 16.3. The molecule has 0 aliphatic heterocycles. The first-order valence-electron chi connectivity index (χ1n) is 16.4. The smallest absolute Gasteiger partial charge is 0.143 e. The van der Waals surface area contributed by atoms with E-state index in [0.29, 0.717) is 21.9 Å². The molecule has 1 nitrogen and oxygen atoms in total. The van der Waals surface area contributed by atoms with Gasteiger partial charge in [-0.1, -0.05) is 145 Å². The van der Waals surface area contributed by atoms with Crippen molar-refractivity contribution in [3.63, 3.8) is 0 Å². The molecule has 0 atom stereocenters. The summed E-state index contributed by atoms with van der Waals surface area (Å²) in [5, 5.41) is 7.05. The summed E-state index contributed by atoms with van der Waals surface area (Å²) in [5.41, 5.74) is 7.83. The number of fused-ring (bicyclic) bond motifs is 7. The van der Waals surface area contributed by atoms with E-state index in [-0.39, 0.29) is 24.2 Å². The van der Waals surface area contributed by atoms with Crippen LogP contribution in [0.2, 0.25) is 0 Å². The Labute approximate surface area is 254 Å². The van der Waals surface area contributed by atoms with Crippen molar-refractivity contribution in [1.82, 2.24) is 0 Å². The van der Waals surface area contributed by atoms with E-state index in [1.807, 2.05) is 24.3 Å². The number of hydrogen-bond donors (Lipinski definition) is 0. The minimum atomic E-state index is -0.264. The van der Waals surface area contributed by atoms with E-state index in [0.717, 1.165) is 54.6 Å². The maximum atomic E-state index is 8.74. The molecule has 0 fully saturated rings. The van der Waals surface area contributed by atoms with E-state index in [9.17, 15) is 0 Å². The molecular formula is C42H26O. The Morgan fingerprint density at radius 1 is 0.395 bits per heavy atom. The van der Waals surface area contributed by atoms with Crippen molar-refractivity contribution in [3.8, 4) is 33.4 Å². The lowest BCUT2D eigenvalue weighted by Gasteiger charge is -2.18. The molecule has 1 aromatic heterocycles. The second-order valence-corrected chi connectivity index (χ2v) is 10.9. The van der Waals surface area contributed by atoms with Crippen LogP contribution in [0.25, 0.3) is 87.6 Å². The Morgan fingerprint density at radius 2 is 0.977 bits per heavy atom. The number of furan rings is 1. The summed E-state index contributed by atoms with van der Waals surface area (Å²) >= 11 is 0. The van der Waals surface area contributed by atoms with Crippen molar-refractivity contribution in [2.75, 3.05) is 0 Å². The third-order valence-electron chi connectivity index (χ3n) is 8.57. The van der Waals surface area contributed by atoms with E-state index in [2.05, 4.69) is 103 Å². The molecule has 0 saturated carbocycles. The van der Waals surface area contributed by atoms with Crippen LogP contribution in [-0.4, -0.2) is 0 Å². The van der Waals surface area contributed by atoms with Gasteiger partial charge in [-0.15, -0.1) is 0 Å². The van der Waals surface area contributed by atoms with Gasteiger partial charge in [0, 0.05) is 27.3 Å². The monoisotopic (exact) mass is 550 g/mol. The topological polar surface area (TPSA) is 13.1 Å². The van der Waals surface area contributed by atoms with Crippen LogP contribution in [0.15, 0.2) is 162 Å². The first-order chi connectivity index (χ1) is 23.0. The molecule has 0 unspecified atom stereocenters. The summed E-state index contributed by atoms with van der Waals surface area (Å²) in [7, 11) is 0. The minimum Gasteiger partial charge on any atom is -0.455 e. The van der Waals surface area contributed by atoms with Crippen LogP contribution in [-0.2, 0) is 0 Å². The lowest BCUT2D eigenvalue weighted by Crippen LogP contribution is -1.91. The Hall–Kier alpha value is -5.66. The van der Waals surface area contributed by atoms with Crippen LogP contribution in [0.5, 0.6) is 0 Å². The van der Waals surface area contributed by atoms with Gasteiger partial charge in [-0.05, 0) is 61.3 Å². The van der Waals surface area contributed by atoms with Crippen molar-refractivity contribution in [2.24, 2.45) is 0 Å². The normalized spacial score (nSPS) is 13.0. The first-order valence-corrected chi connectivity index (χ1v) is 14.4. The molecule has 200 valence electrons. The highest BCUT2D eigenvalue weighted by Gasteiger charge is 2.20. The fourth-order valence-electron chi connectivity index (χ4n) is 6.69. The Kier molecular flexibility index (Phi) is 4.45. The molecule has 0 radical (unpaired) electrons. The van der Waals surface area contributed by atoms with E-state index >= 15 is 0 Å².